The van der Waals surface area contributed by atoms with Crippen LogP contribution in [-0.2, 0) is 0 Å². The summed E-state index contributed by atoms with van der Waals surface area (Å²) in [7, 11) is 0. The SMILES string of the molecule is N#Cc1ccc(-c2cccc3c2oc2ccccc23)c2c1sc1c(-n3c4ccc(-c5ccccc5)cc4c4cc(-c5ccccc5)ccc43)cccc12. The molecule has 0 unspecified atom stereocenters. The zero-order chi connectivity index (χ0) is 35.0. The summed E-state index contributed by atoms with van der Waals surface area (Å²) in [5.41, 5.74) is 12.6. The minimum atomic E-state index is 0.676. The molecule has 4 heteroatoms. The lowest BCUT2D eigenvalue weighted by atomic mass is 9.96. The van der Waals surface area contributed by atoms with E-state index in [0.717, 1.165) is 70.0 Å². The molecule has 0 N–H and O–H groups in total. The molecule has 0 spiro atoms. The molecule has 0 amide bonds. The Balaban J connectivity index is 1.21. The Bertz CT molecular complexity index is 3190. The second-order valence-corrected chi connectivity index (χ2v) is 14.6. The summed E-state index contributed by atoms with van der Waals surface area (Å²) in [6, 6.07) is 62.6. The van der Waals surface area contributed by atoms with Crippen LogP contribution in [0.1, 0.15) is 5.56 Å². The Morgan fingerprint density at radius 3 is 1.79 bits per heavy atom. The Morgan fingerprint density at radius 2 is 1.09 bits per heavy atom. The van der Waals surface area contributed by atoms with Crippen molar-refractivity contribution in [2.45, 2.75) is 0 Å². The number of nitrogens with zero attached hydrogens (tertiary/aromatic N) is 2. The van der Waals surface area contributed by atoms with Crippen LogP contribution in [0.3, 0.4) is 0 Å². The number of aromatic nitrogens is 1. The van der Waals surface area contributed by atoms with Gasteiger partial charge in [-0.15, -0.1) is 11.3 Å². The fourth-order valence-corrected chi connectivity index (χ4v) is 9.53. The maximum absolute atomic E-state index is 10.4. The smallest absolute Gasteiger partial charge is 0.143 e. The first-order valence-corrected chi connectivity index (χ1v) is 18.6. The molecule has 8 aromatic carbocycles. The van der Waals surface area contributed by atoms with Gasteiger partial charge < -0.3 is 8.98 Å². The summed E-state index contributed by atoms with van der Waals surface area (Å²) < 4.78 is 11.1. The van der Waals surface area contributed by atoms with Gasteiger partial charge in [-0.25, -0.2) is 0 Å². The molecule has 0 fully saturated rings. The van der Waals surface area contributed by atoms with Crippen molar-refractivity contribution < 1.29 is 4.42 Å². The van der Waals surface area contributed by atoms with E-state index < -0.39 is 0 Å². The highest BCUT2D eigenvalue weighted by Gasteiger charge is 2.22. The standard InChI is InChI=1S/C49H28N2OS/c50-29-34-21-24-36(38-17-9-16-37-35-15-7-8-20-45(35)52-47(37)38)46-39-18-10-19-44(49(39)53-48(34)46)51-42-25-22-32(30-11-3-1-4-12-30)27-40(42)41-28-33(23-26-43(41)51)31-13-5-2-6-14-31/h1-28H. The number of thiophene rings is 1. The number of hydrogen-bond acceptors (Lipinski definition) is 3. The summed E-state index contributed by atoms with van der Waals surface area (Å²) in [6.07, 6.45) is 0. The third-order valence-corrected chi connectivity index (χ3v) is 11.9. The van der Waals surface area contributed by atoms with Crippen LogP contribution in [0.25, 0.3) is 103 Å². The lowest BCUT2D eigenvalue weighted by Crippen LogP contribution is -1.94. The molecule has 11 rings (SSSR count). The van der Waals surface area contributed by atoms with E-state index in [2.05, 4.69) is 162 Å². The second-order valence-electron chi connectivity index (χ2n) is 13.5. The molecule has 3 nitrogen and oxygen atoms in total. The van der Waals surface area contributed by atoms with Crippen molar-refractivity contribution >= 4 is 75.3 Å². The summed E-state index contributed by atoms with van der Waals surface area (Å²) >= 11 is 1.70. The third kappa shape index (κ3) is 4.45. The molecule has 11 aromatic rings. The van der Waals surface area contributed by atoms with Gasteiger partial charge >= 0.3 is 0 Å². The third-order valence-electron chi connectivity index (χ3n) is 10.7. The van der Waals surface area contributed by atoms with Crippen LogP contribution >= 0.6 is 11.3 Å². The first-order valence-electron chi connectivity index (χ1n) is 17.7. The van der Waals surface area contributed by atoms with E-state index in [1.807, 2.05) is 18.2 Å². The summed E-state index contributed by atoms with van der Waals surface area (Å²) in [5, 5.41) is 17.2. The van der Waals surface area contributed by atoms with Crippen LogP contribution in [0.4, 0.5) is 0 Å². The zero-order valence-electron chi connectivity index (χ0n) is 28.4. The second kappa shape index (κ2) is 11.5. The van der Waals surface area contributed by atoms with Gasteiger partial charge in [0.1, 0.15) is 17.2 Å². The Labute approximate surface area is 308 Å². The number of furan rings is 1. The Kier molecular flexibility index (Phi) is 6.48. The predicted octanol–water partition coefficient (Wildman–Crippen LogP) is 13.9. The van der Waals surface area contributed by atoms with E-state index in [1.165, 1.54) is 33.0 Å². The predicted molar refractivity (Wildman–Crippen MR) is 222 cm³/mol. The summed E-state index contributed by atoms with van der Waals surface area (Å²) in [5.74, 6) is 0. The van der Waals surface area contributed by atoms with E-state index in [0.29, 0.717) is 5.56 Å². The number of hydrogen-bond donors (Lipinski definition) is 0. The minimum Gasteiger partial charge on any atom is -0.455 e. The Morgan fingerprint density at radius 1 is 0.472 bits per heavy atom. The van der Waals surface area contributed by atoms with Gasteiger partial charge in [-0.05, 0) is 70.3 Å². The van der Waals surface area contributed by atoms with Gasteiger partial charge in [-0.3, -0.25) is 0 Å². The van der Waals surface area contributed by atoms with Crippen molar-refractivity contribution in [1.29, 1.82) is 5.26 Å². The number of para-hydroxylation sites is 2. The average Bonchev–Trinajstić information content (AvgIpc) is 3.91. The summed E-state index contributed by atoms with van der Waals surface area (Å²) in [6.45, 7) is 0. The molecular formula is C49H28N2OS. The fourth-order valence-electron chi connectivity index (χ4n) is 8.24. The van der Waals surface area contributed by atoms with Crippen molar-refractivity contribution in [2.24, 2.45) is 0 Å². The number of fused-ring (bicyclic) bond motifs is 9. The number of benzene rings is 8. The molecule has 0 saturated heterocycles. The van der Waals surface area contributed by atoms with E-state index in [4.69, 9.17) is 4.42 Å². The molecule has 0 bridgehead atoms. The van der Waals surface area contributed by atoms with Gasteiger partial charge in [-0.2, -0.15) is 5.26 Å². The average molecular weight is 693 g/mol. The monoisotopic (exact) mass is 692 g/mol. The lowest BCUT2D eigenvalue weighted by Gasteiger charge is -2.11. The number of rotatable bonds is 4. The van der Waals surface area contributed by atoms with E-state index in [1.54, 1.807) is 11.3 Å². The largest absolute Gasteiger partial charge is 0.455 e. The van der Waals surface area contributed by atoms with Crippen molar-refractivity contribution in [3.8, 4) is 45.1 Å². The fraction of sp³-hybridized carbons (Fsp3) is 0. The maximum Gasteiger partial charge on any atom is 0.143 e. The molecule has 0 radical (unpaired) electrons. The molecule has 53 heavy (non-hydrogen) atoms. The van der Waals surface area contributed by atoms with Gasteiger partial charge in [0, 0.05) is 37.9 Å². The van der Waals surface area contributed by atoms with Crippen LogP contribution in [0, 0.1) is 11.3 Å². The summed E-state index contributed by atoms with van der Waals surface area (Å²) in [4.78, 5) is 0. The minimum absolute atomic E-state index is 0.676. The van der Waals surface area contributed by atoms with Crippen LogP contribution in [0.2, 0.25) is 0 Å². The van der Waals surface area contributed by atoms with Crippen LogP contribution in [-0.4, -0.2) is 4.57 Å². The van der Waals surface area contributed by atoms with Crippen LogP contribution in [0.5, 0.6) is 0 Å². The first-order chi connectivity index (χ1) is 26.2. The molecule has 0 aliphatic heterocycles. The van der Waals surface area contributed by atoms with Crippen LogP contribution in [0.15, 0.2) is 174 Å². The van der Waals surface area contributed by atoms with Crippen LogP contribution < -0.4 is 0 Å². The molecule has 3 heterocycles. The molecule has 246 valence electrons. The maximum atomic E-state index is 10.4. The number of nitriles is 1. The van der Waals surface area contributed by atoms with E-state index >= 15 is 0 Å². The van der Waals surface area contributed by atoms with Gasteiger partial charge in [-0.1, -0.05) is 127 Å². The van der Waals surface area contributed by atoms with Crippen molar-refractivity contribution in [1.82, 2.24) is 4.57 Å². The molecular weight excluding hydrogens is 665 g/mol. The van der Waals surface area contributed by atoms with Crippen molar-refractivity contribution in [2.75, 3.05) is 0 Å². The zero-order valence-corrected chi connectivity index (χ0v) is 29.2. The highest BCUT2D eigenvalue weighted by molar-refractivity contribution is 7.26. The molecule has 3 aromatic heterocycles. The van der Waals surface area contributed by atoms with Crippen molar-refractivity contribution in [3.63, 3.8) is 0 Å². The van der Waals surface area contributed by atoms with Gasteiger partial charge in [0.2, 0.25) is 0 Å². The van der Waals surface area contributed by atoms with Gasteiger partial charge in [0.25, 0.3) is 0 Å². The van der Waals surface area contributed by atoms with Crippen molar-refractivity contribution in [3.05, 3.63) is 175 Å². The highest BCUT2D eigenvalue weighted by atomic mass is 32.1. The highest BCUT2D eigenvalue weighted by Crippen LogP contribution is 2.47. The van der Waals surface area contributed by atoms with Gasteiger partial charge in [0.15, 0.2) is 0 Å². The van der Waals surface area contributed by atoms with E-state index in [-0.39, 0.29) is 0 Å². The molecule has 0 aliphatic rings. The first kappa shape index (κ1) is 29.8. The normalized spacial score (nSPS) is 11.8. The Hall–Kier alpha value is -6.93. The molecule has 0 aliphatic carbocycles. The quantitative estimate of drug-likeness (QED) is 0.184. The topological polar surface area (TPSA) is 41.9 Å². The van der Waals surface area contributed by atoms with Gasteiger partial charge in [0.05, 0.1) is 31.7 Å². The van der Waals surface area contributed by atoms with E-state index in [9.17, 15) is 5.26 Å². The lowest BCUT2D eigenvalue weighted by molar-refractivity contribution is 0.670. The molecule has 0 saturated carbocycles. The molecule has 0 atom stereocenters.